The number of aromatic hydroxyl groups is 3. The van der Waals surface area contributed by atoms with Gasteiger partial charge < -0.3 is 45.5 Å². The standard InChI is InChI=1S/C13H20O3.C9H11BrO3.C9H9BrO3.C3H9N/c1-10(2)3-4-12(15)9-16-13-7-5-11(14)6-8-13;2*10-5-8(12)6-13-9-3-1-7(11)2-4-9;1-3(2)4/h5-8,10,12,14-15H,3-4,9H2,1-2H3;1-4,8,11-12H,5-6H2;1-4,11H,5-6H2;3H,4H2,1-2H3/t12-;8-;;/m00../s1. The molecule has 0 spiro atoms. The molecule has 0 saturated heterocycles. The van der Waals surface area contributed by atoms with Crippen LogP contribution in [0.3, 0.4) is 0 Å². The fraction of sp³-hybridized carbons (Fsp3) is 0.441. The number of rotatable bonds is 14. The average molecular weight is 776 g/mol. The van der Waals surface area contributed by atoms with Crippen LogP contribution in [0.15, 0.2) is 72.8 Å². The molecular weight excluding hydrogens is 726 g/mol. The first-order valence-electron chi connectivity index (χ1n) is 14.8. The number of ketones is 1. The highest BCUT2D eigenvalue weighted by atomic mass is 79.9. The van der Waals surface area contributed by atoms with E-state index in [4.69, 9.17) is 40.4 Å². The van der Waals surface area contributed by atoms with Gasteiger partial charge in [-0.15, -0.1) is 0 Å². The van der Waals surface area contributed by atoms with E-state index in [1.165, 1.54) is 24.3 Å². The van der Waals surface area contributed by atoms with Crippen molar-refractivity contribution < 1.29 is 44.5 Å². The van der Waals surface area contributed by atoms with Gasteiger partial charge in [-0.25, -0.2) is 0 Å². The number of ether oxygens (including phenoxy) is 3. The summed E-state index contributed by atoms with van der Waals surface area (Å²) in [7, 11) is 0. The van der Waals surface area contributed by atoms with Crippen molar-refractivity contribution >= 4 is 37.6 Å². The molecule has 7 N–H and O–H groups in total. The quantitative estimate of drug-likeness (QED) is 0.104. The number of aliphatic hydroxyl groups is 2. The van der Waals surface area contributed by atoms with Crippen molar-refractivity contribution in [3.05, 3.63) is 72.8 Å². The molecule has 12 heteroatoms. The Kier molecular flexibility index (Phi) is 24.4. The molecule has 0 radical (unpaired) electrons. The van der Waals surface area contributed by atoms with Crippen LogP contribution in [0.2, 0.25) is 0 Å². The van der Waals surface area contributed by atoms with E-state index in [0.29, 0.717) is 46.5 Å². The summed E-state index contributed by atoms with van der Waals surface area (Å²) in [6.45, 7) is 8.75. The first-order valence-corrected chi connectivity index (χ1v) is 17.0. The fourth-order valence-electron chi connectivity index (χ4n) is 2.87. The summed E-state index contributed by atoms with van der Waals surface area (Å²) in [5, 5.41) is 46.6. The topological polar surface area (TPSA) is 172 Å². The smallest absolute Gasteiger partial charge is 0.180 e. The van der Waals surface area contributed by atoms with E-state index in [1.54, 1.807) is 48.5 Å². The van der Waals surface area contributed by atoms with Crippen molar-refractivity contribution in [3.63, 3.8) is 0 Å². The monoisotopic (exact) mass is 773 g/mol. The lowest BCUT2D eigenvalue weighted by Gasteiger charge is -2.13. The Morgan fingerprint density at radius 3 is 1.33 bits per heavy atom. The number of hydrogen-bond donors (Lipinski definition) is 6. The summed E-state index contributed by atoms with van der Waals surface area (Å²) in [6, 6.07) is 19.4. The lowest BCUT2D eigenvalue weighted by atomic mass is 10.1. The third-order valence-corrected chi connectivity index (χ3v) is 6.57. The Morgan fingerprint density at radius 1 is 0.652 bits per heavy atom. The molecule has 0 fully saturated rings. The molecule has 0 heterocycles. The molecule has 0 aromatic heterocycles. The second-order valence-electron chi connectivity index (χ2n) is 10.7. The summed E-state index contributed by atoms with van der Waals surface area (Å²) in [5.74, 6) is 3.06. The maximum Gasteiger partial charge on any atom is 0.180 e. The number of phenolic OH excluding ortho intramolecular Hbond substituents is 3. The molecule has 258 valence electrons. The number of hydrogen-bond acceptors (Lipinski definition) is 10. The van der Waals surface area contributed by atoms with E-state index in [1.807, 2.05) is 13.8 Å². The number of alkyl halides is 2. The van der Waals surface area contributed by atoms with E-state index < -0.39 is 12.2 Å². The third-order valence-electron chi connectivity index (χ3n) is 5.20. The van der Waals surface area contributed by atoms with Gasteiger partial charge in [-0.2, -0.15) is 0 Å². The second-order valence-corrected chi connectivity index (χ2v) is 12.0. The number of phenols is 3. The Bertz CT molecular complexity index is 1160. The maximum absolute atomic E-state index is 10.8. The summed E-state index contributed by atoms with van der Waals surface area (Å²) in [6.07, 6.45) is 0.834. The number of nitrogens with two attached hydrogens (primary N) is 1. The minimum atomic E-state index is -0.506. The summed E-state index contributed by atoms with van der Waals surface area (Å²) < 4.78 is 15.7. The lowest BCUT2D eigenvalue weighted by Crippen LogP contribution is -2.18. The Balaban J connectivity index is 0.000000627. The largest absolute Gasteiger partial charge is 0.508 e. The van der Waals surface area contributed by atoms with Crippen LogP contribution in [0.4, 0.5) is 0 Å². The lowest BCUT2D eigenvalue weighted by molar-refractivity contribution is -0.118. The van der Waals surface area contributed by atoms with Gasteiger partial charge in [-0.05, 0) is 97.6 Å². The van der Waals surface area contributed by atoms with Crippen LogP contribution in [-0.2, 0) is 4.79 Å². The number of carbonyl (C=O) groups is 1. The van der Waals surface area contributed by atoms with Crippen LogP contribution in [0, 0.1) is 5.92 Å². The van der Waals surface area contributed by atoms with Crippen LogP contribution in [-0.4, -0.2) is 80.0 Å². The molecule has 0 aliphatic carbocycles. The number of benzene rings is 3. The number of Topliss-reactive ketones (excluding diaryl/α,β-unsaturated/α-hetero) is 1. The molecule has 0 saturated carbocycles. The Morgan fingerprint density at radius 2 is 1.00 bits per heavy atom. The zero-order chi connectivity index (χ0) is 34.9. The summed E-state index contributed by atoms with van der Waals surface area (Å²) in [5.41, 5.74) is 5.11. The third kappa shape index (κ3) is 25.2. The predicted molar refractivity (Wildman–Crippen MR) is 189 cm³/mol. The first-order chi connectivity index (χ1) is 21.7. The fourth-order valence-corrected chi connectivity index (χ4v) is 3.22. The van der Waals surface area contributed by atoms with Gasteiger partial charge in [-0.1, -0.05) is 59.6 Å². The summed E-state index contributed by atoms with van der Waals surface area (Å²) in [4.78, 5) is 10.8. The molecule has 3 aromatic carbocycles. The van der Waals surface area contributed by atoms with Gasteiger partial charge in [0, 0.05) is 5.33 Å². The van der Waals surface area contributed by atoms with Crippen molar-refractivity contribution in [1.29, 1.82) is 0 Å². The Hall–Kier alpha value is -3.03. The van der Waals surface area contributed by atoms with Gasteiger partial charge in [0.2, 0.25) is 0 Å². The van der Waals surface area contributed by atoms with Gasteiger partial charge in [0.25, 0.3) is 0 Å². The maximum atomic E-state index is 10.8. The van der Waals surface area contributed by atoms with Crippen LogP contribution in [0.25, 0.3) is 0 Å². The number of aliphatic hydroxyl groups excluding tert-OH is 2. The molecule has 46 heavy (non-hydrogen) atoms. The second kappa shape index (κ2) is 26.1. The van der Waals surface area contributed by atoms with E-state index in [-0.39, 0.29) is 36.2 Å². The van der Waals surface area contributed by atoms with Crippen molar-refractivity contribution in [2.45, 2.75) is 58.8 Å². The van der Waals surface area contributed by atoms with Crippen LogP contribution in [0.5, 0.6) is 34.5 Å². The van der Waals surface area contributed by atoms with Gasteiger partial charge >= 0.3 is 0 Å². The van der Waals surface area contributed by atoms with E-state index in [0.717, 1.165) is 12.8 Å². The predicted octanol–water partition coefficient (Wildman–Crippen LogP) is 6.18. The molecule has 0 aliphatic heterocycles. The number of carbonyl (C=O) groups excluding carboxylic acids is 1. The van der Waals surface area contributed by atoms with Gasteiger partial charge in [0.15, 0.2) is 5.78 Å². The van der Waals surface area contributed by atoms with Crippen molar-refractivity contribution in [3.8, 4) is 34.5 Å². The van der Waals surface area contributed by atoms with E-state index in [9.17, 15) is 9.90 Å². The highest BCUT2D eigenvalue weighted by Crippen LogP contribution is 2.18. The molecular formula is C34H49Br2NO9. The van der Waals surface area contributed by atoms with Gasteiger partial charge in [-0.3, -0.25) is 4.79 Å². The van der Waals surface area contributed by atoms with Crippen molar-refractivity contribution in [2.75, 3.05) is 30.5 Å². The van der Waals surface area contributed by atoms with Crippen LogP contribution >= 0.6 is 31.9 Å². The molecule has 10 nitrogen and oxygen atoms in total. The molecule has 0 bridgehead atoms. The molecule has 2 atom stereocenters. The Labute approximate surface area is 289 Å². The highest BCUT2D eigenvalue weighted by molar-refractivity contribution is 9.09. The SMILES string of the molecule is CC(C)CC[C@H](O)COc1ccc(O)cc1.CC(C)N.O=C(CBr)COc1ccc(O)cc1.Oc1ccc(OC[C@@H](O)CBr)cc1. The molecule has 0 aliphatic rings. The zero-order valence-corrected chi connectivity index (χ0v) is 30.1. The minimum Gasteiger partial charge on any atom is -0.508 e. The summed E-state index contributed by atoms with van der Waals surface area (Å²) >= 11 is 6.16. The highest BCUT2D eigenvalue weighted by Gasteiger charge is 2.07. The van der Waals surface area contributed by atoms with Gasteiger partial charge in [0.05, 0.1) is 17.5 Å². The molecule has 0 unspecified atom stereocenters. The van der Waals surface area contributed by atoms with E-state index in [2.05, 4.69) is 45.7 Å². The molecule has 3 rings (SSSR count). The number of halogens is 2. The van der Waals surface area contributed by atoms with Gasteiger partial charge in [0.1, 0.15) is 54.3 Å². The van der Waals surface area contributed by atoms with Crippen molar-refractivity contribution in [2.24, 2.45) is 11.7 Å². The minimum absolute atomic E-state index is 0.0203. The first kappa shape index (κ1) is 43.0. The van der Waals surface area contributed by atoms with Crippen LogP contribution in [0.1, 0.15) is 40.5 Å². The molecule has 3 aromatic rings. The zero-order valence-electron chi connectivity index (χ0n) is 26.9. The van der Waals surface area contributed by atoms with Crippen LogP contribution < -0.4 is 19.9 Å². The van der Waals surface area contributed by atoms with Crippen molar-refractivity contribution in [1.82, 2.24) is 0 Å². The average Bonchev–Trinajstić information content (AvgIpc) is 3.03. The normalized spacial score (nSPS) is 11.5. The van der Waals surface area contributed by atoms with E-state index >= 15 is 0 Å². The molecule has 0 amide bonds.